The highest BCUT2D eigenvalue weighted by molar-refractivity contribution is 5.61. The summed E-state index contributed by atoms with van der Waals surface area (Å²) in [5.74, 6) is 0. The summed E-state index contributed by atoms with van der Waals surface area (Å²) in [6.45, 7) is 0. The van der Waals surface area contributed by atoms with Crippen molar-refractivity contribution in [3.63, 3.8) is 0 Å². The van der Waals surface area contributed by atoms with E-state index >= 15 is 0 Å². The second-order valence-corrected chi connectivity index (χ2v) is 3.10. The molecule has 1 aliphatic rings. The Morgan fingerprint density at radius 3 is 2.73 bits per heavy atom. The third kappa shape index (κ3) is 0.946. The fraction of sp³-hybridized carbons (Fsp3) is 0.333. The molecule has 0 saturated heterocycles. The molecule has 2 nitrogen and oxygen atoms in total. The number of nitrogen functional groups attached to an aromatic ring is 2. The van der Waals surface area contributed by atoms with Crippen LogP contribution < -0.4 is 11.5 Å². The first-order chi connectivity index (χ1) is 5.27. The number of nitrogens with two attached hydrogens (primary N) is 2. The molecule has 0 radical (unpaired) electrons. The molecule has 1 aliphatic carbocycles. The van der Waals surface area contributed by atoms with E-state index in [1.807, 2.05) is 12.1 Å². The zero-order chi connectivity index (χ0) is 7.84. The van der Waals surface area contributed by atoms with E-state index in [9.17, 15) is 0 Å². The van der Waals surface area contributed by atoms with Gasteiger partial charge in [-0.15, -0.1) is 0 Å². The fourth-order valence-electron chi connectivity index (χ4n) is 1.77. The van der Waals surface area contributed by atoms with Crippen LogP contribution in [0.25, 0.3) is 0 Å². The standard InChI is InChI=1S/C9H12N2/c10-7-4-6-2-1-3-8(6)9(11)5-7/h4-5H,1-3,10-11H2. The monoisotopic (exact) mass is 148 g/mol. The lowest BCUT2D eigenvalue weighted by Gasteiger charge is -2.04. The van der Waals surface area contributed by atoms with Crippen molar-refractivity contribution in [1.29, 1.82) is 0 Å². The molecular formula is C9H12N2. The van der Waals surface area contributed by atoms with Gasteiger partial charge in [0.1, 0.15) is 0 Å². The largest absolute Gasteiger partial charge is 0.399 e. The molecule has 0 spiro atoms. The van der Waals surface area contributed by atoms with Crippen LogP contribution in [0.2, 0.25) is 0 Å². The molecular weight excluding hydrogens is 136 g/mol. The Morgan fingerprint density at radius 1 is 1.09 bits per heavy atom. The molecule has 0 amide bonds. The molecule has 2 rings (SSSR count). The maximum atomic E-state index is 5.79. The average Bonchev–Trinajstić information content (AvgIpc) is 2.34. The van der Waals surface area contributed by atoms with Crippen LogP contribution in [0.15, 0.2) is 12.1 Å². The van der Waals surface area contributed by atoms with Crippen LogP contribution in [0.4, 0.5) is 11.4 Å². The van der Waals surface area contributed by atoms with E-state index in [4.69, 9.17) is 11.5 Å². The van der Waals surface area contributed by atoms with Crippen LogP contribution >= 0.6 is 0 Å². The van der Waals surface area contributed by atoms with Gasteiger partial charge in [0.15, 0.2) is 0 Å². The van der Waals surface area contributed by atoms with Gasteiger partial charge < -0.3 is 11.5 Å². The Bertz CT molecular complexity index is 292. The minimum absolute atomic E-state index is 0.795. The van der Waals surface area contributed by atoms with Crippen LogP contribution in [0, 0.1) is 0 Å². The van der Waals surface area contributed by atoms with Crippen molar-refractivity contribution in [3.8, 4) is 0 Å². The zero-order valence-corrected chi connectivity index (χ0v) is 6.43. The van der Waals surface area contributed by atoms with Crippen LogP contribution in [-0.2, 0) is 12.8 Å². The lowest BCUT2D eigenvalue weighted by atomic mass is 10.1. The highest BCUT2D eigenvalue weighted by Crippen LogP contribution is 2.29. The van der Waals surface area contributed by atoms with Gasteiger partial charge in [0.25, 0.3) is 0 Å². The van der Waals surface area contributed by atoms with E-state index in [-0.39, 0.29) is 0 Å². The third-order valence-electron chi connectivity index (χ3n) is 2.27. The molecule has 0 aromatic heterocycles. The first-order valence-corrected chi connectivity index (χ1v) is 3.94. The van der Waals surface area contributed by atoms with Crippen LogP contribution in [0.3, 0.4) is 0 Å². The van der Waals surface area contributed by atoms with Crippen LogP contribution in [-0.4, -0.2) is 0 Å². The molecule has 0 saturated carbocycles. The van der Waals surface area contributed by atoms with Gasteiger partial charge in [-0.3, -0.25) is 0 Å². The van der Waals surface area contributed by atoms with Crippen LogP contribution in [0.1, 0.15) is 17.5 Å². The number of hydrogen-bond donors (Lipinski definition) is 2. The second kappa shape index (κ2) is 2.16. The van der Waals surface area contributed by atoms with E-state index in [0.29, 0.717) is 0 Å². The van der Waals surface area contributed by atoms with Crippen molar-refractivity contribution in [2.24, 2.45) is 0 Å². The molecule has 0 aliphatic heterocycles. The van der Waals surface area contributed by atoms with Gasteiger partial charge in [0.2, 0.25) is 0 Å². The molecule has 58 valence electrons. The highest BCUT2D eigenvalue weighted by Gasteiger charge is 2.13. The minimum Gasteiger partial charge on any atom is -0.399 e. The van der Waals surface area contributed by atoms with Gasteiger partial charge in [0.05, 0.1) is 0 Å². The molecule has 0 fully saturated rings. The summed E-state index contributed by atoms with van der Waals surface area (Å²) in [4.78, 5) is 0. The van der Waals surface area contributed by atoms with Gasteiger partial charge in [-0.25, -0.2) is 0 Å². The Balaban J connectivity index is 2.60. The summed E-state index contributed by atoms with van der Waals surface area (Å²) in [6, 6.07) is 3.89. The highest BCUT2D eigenvalue weighted by atomic mass is 14.6. The SMILES string of the molecule is Nc1cc(N)c2c(c1)CCC2. The quantitative estimate of drug-likeness (QED) is 0.545. The molecule has 0 heterocycles. The Morgan fingerprint density at radius 2 is 1.91 bits per heavy atom. The Labute approximate surface area is 66.2 Å². The normalized spacial score (nSPS) is 14.9. The van der Waals surface area contributed by atoms with E-state index in [2.05, 4.69) is 0 Å². The van der Waals surface area contributed by atoms with Crippen molar-refractivity contribution in [1.82, 2.24) is 0 Å². The predicted molar refractivity (Wildman–Crippen MR) is 47.3 cm³/mol. The fourth-order valence-corrected chi connectivity index (χ4v) is 1.77. The minimum atomic E-state index is 0.795. The van der Waals surface area contributed by atoms with Gasteiger partial charge >= 0.3 is 0 Å². The van der Waals surface area contributed by atoms with Gasteiger partial charge in [0, 0.05) is 11.4 Å². The molecule has 11 heavy (non-hydrogen) atoms. The lowest BCUT2D eigenvalue weighted by Crippen LogP contribution is -1.96. The zero-order valence-electron chi connectivity index (χ0n) is 6.43. The van der Waals surface area contributed by atoms with E-state index in [1.54, 1.807) is 0 Å². The van der Waals surface area contributed by atoms with Crippen molar-refractivity contribution < 1.29 is 0 Å². The summed E-state index contributed by atoms with van der Waals surface area (Å²) in [6.07, 6.45) is 3.50. The van der Waals surface area contributed by atoms with E-state index in [1.165, 1.54) is 17.5 Å². The molecule has 2 heteroatoms. The number of aryl methyl sites for hydroxylation is 1. The number of fused-ring (bicyclic) bond motifs is 1. The lowest BCUT2D eigenvalue weighted by molar-refractivity contribution is 0.912. The maximum Gasteiger partial charge on any atom is 0.0369 e. The average molecular weight is 148 g/mol. The van der Waals surface area contributed by atoms with Crippen molar-refractivity contribution in [2.45, 2.75) is 19.3 Å². The van der Waals surface area contributed by atoms with Crippen molar-refractivity contribution in [2.75, 3.05) is 11.5 Å². The molecule has 4 N–H and O–H groups in total. The van der Waals surface area contributed by atoms with E-state index in [0.717, 1.165) is 24.2 Å². The first kappa shape index (κ1) is 6.53. The van der Waals surface area contributed by atoms with Crippen molar-refractivity contribution in [3.05, 3.63) is 23.3 Å². The molecule has 0 unspecified atom stereocenters. The topological polar surface area (TPSA) is 52.0 Å². The van der Waals surface area contributed by atoms with Gasteiger partial charge in [-0.05, 0) is 42.5 Å². The molecule has 0 atom stereocenters. The van der Waals surface area contributed by atoms with E-state index < -0.39 is 0 Å². The second-order valence-electron chi connectivity index (χ2n) is 3.10. The summed E-state index contributed by atoms with van der Waals surface area (Å²) >= 11 is 0. The summed E-state index contributed by atoms with van der Waals surface area (Å²) in [5, 5.41) is 0. The van der Waals surface area contributed by atoms with Gasteiger partial charge in [-0.1, -0.05) is 0 Å². The predicted octanol–water partition coefficient (Wildman–Crippen LogP) is 1.34. The summed E-state index contributed by atoms with van der Waals surface area (Å²) in [5.41, 5.74) is 15.8. The number of benzene rings is 1. The van der Waals surface area contributed by atoms with Crippen LogP contribution in [0.5, 0.6) is 0 Å². The molecule has 1 aromatic rings. The Hall–Kier alpha value is -1.18. The van der Waals surface area contributed by atoms with Crippen molar-refractivity contribution >= 4 is 11.4 Å². The molecule has 1 aromatic carbocycles. The number of hydrogen-bond acceptors (Lipinski definition) is 2. The summed E-state index contributed by atoms with van der Waals surface area (Å²) in [7, 11) is 0. The Kier molecular flexibility index (Phi) is 1.28. The third-order valence-corrected chi connectivity index (χ3v) is 2.27. The maximum absolute atomic E-state index is 5.79. The van der Waals surface area contributed by atoms with Gasteiger partial charge in [-0.2, -0.15) is 0 Å². The molecule has 0 bridgehead atoms. The first-order valence-electron chi connectivity index (χ1n) is 3.94. The number of rotatable bonds is 0. The summed E-state index contributed by atoms with van der Waals surface area (Å²) < 4.78 is 0. The smallest absolute Gasteiger partial charge is 0.0369 e. The number of anilines is 2.